The van der Waals surface area contributed by atoms with Crippen LogP contribution in [0.25, 0.3) is 11.1 Å². The van der Waals surface area contributed by atoms with Crippen LogP contribution in [-0.2, 0) is 0 Å². The summed E-state index contributed by atoms with van der Waals surface area (Å²) < 4.78 is 21.3. The zero-order chi connectivity index (χ0) is 21.0. The van der Waals surface area contributed by atoms with Crippen LogP contribution >= 0.6 is 0 Å². The molecule has 0 fully saturated rings. The van der Waals surface area contributed by atoms with Gasteiger partial charge >= 0.3 is 5.97 Å². The summed E-state index contributed by atoms with van der Waals surface area (Å²) in [5, 5.41) is 18.2. The molecule has 0 amide bonds. The van der Waals surface area contributed by atoms with Crippen LogP contribution in [0, 0.1) is 0 Å². The highest BCUT2D eigenvalue weighted by Crippen LogP contribution is 2.48. The van der Waals surface area contributed by atoms with E-state index >= 15 is 0 Å². The lowest BCUT2D eigenvalue weighted by Gasteiger charge is -2.12. The van der Waals surface area contributed by atoms with E-state index in [0.717, 1.165) is 0 Å². The van der Waals surface area contributed by atoms with E-state index in [1.54, 1.807) is 42.5 Å². The Morgan fingerprint density at radius 2 is 1.38 bits per heavy atom. The fourth-order valence-corrected chi connectivity index (χ4v) is 3.08. The van der Waals surface area contributed by atoms with Crippen molar-refractivity contribution in [2.75, 3.05) is 28.4 Å². The smallest absolute Gasteiger partial charge is 0.340 e. The van der Waals surface area contributed by atoms with Crippen molar-refractivity contribution in [1.29, 1.82) is 0 Å². The van der Waals surface area contributed by atoms with Crippen molar-refractivity contribution < 1.29 is 28.8 Å². The van der Waals surface area contributed by atoms with E-state index in [9.17, 15) is 9.90 Å². The molecule has 0 heterocycles. The third-order valence-electron chi connectivity index (χ3n) is 4.34. The van der Waals surface area contributed by atoms with E-state index in [-0.39, 0.29) is 11.3 Å². The van der Waals surface area contributed by atoms with Gasteiger partial charge in [-0.3, -0.25) is 0 Å². The summed E-state index contributed by atoms with van der Waals surface area (Å²) in [5.41, 5.74) is 1.93. The minimum Gasteiger partial charge on any atom is -0.493 e. The largest absolute Gasteiger partial charge is 0.493 e. The summed E-state index contributed by atoms with van der Waals surface area (Å²) >= 11 is 0. The molecule has 2 aliphatic carbocycles. The average Bonchev–Trinajstić information content (AvgIpc) is 2.85. The van der Waals surface area contributed by atoms with Crippen molar-refractivity contribution in [1.82, 2.24) is 0 Å². The molecule has 29 heavy (non-hydrogen) atoms. The Balaban J connectivity index is 2.17. The van der Waals surface area contributed by atoms with Crippen LogP contribution in [0.2, 0.25) is 0 Å². The van der Waals surface area contributed by atoms with E-state index in [2.05, 4.69) is 10.2 Å². The predicted molar refractivity (Wildman–Crippen MR) is 107 cm³/mol. The maximum atomic E-state index is 11.8. The molecule has 1 aromatic carbocycles. The number of fused-ring (bicyclic) bond motifs is 1. The molecular formula is C21H20N2O6. The normalized spacial score (nSPS) is 10.9. The molecule has 0 saturated carbocycles. The lowest BCUT2D eigenvalue weighted by atomic mass is 10.1. The van der Waals surface area contributed by atoms with Crippen molar-refractivity contribution in [3.8, 4) is 34.1 Å². The molecule has 0 saturated heterocycles. The lowest BCUT2D eigenvalue weighted by molar-refractivity contribution is 0.0695. The molecule has 8 heteroatoms. The van der Waals surface area contributed by atoms with Crippen molar-refractivity contribution in [3.05, 3.63) is 48.0 Å². The molecule has 8 nitrogen and oxygen atoms in total. The number of nitrogens with zero attached hydrogens (tertiary/aromatic N) is 2. The van der Waals surface area contributed by atoms with Gasteiger partial charge in [-0.2, -0.15) is 5.11 Å². The third-order valence-corrected chi connectivity index (χ3v) is 4.34. The lowest BCUT2D eigenvalue weighted by Crippen LogP contribution is -1.98. The van der Waals surface area contributed by atoms with Gasteiger partial charge in [0, 0.05) is 23.3 Å². The van der Waals surface area contributed by atoms with Crippen LogP contribution in [0.15, 0.2) is 52.7 Å². The molecule has 0 radical (unpaired) electrons. The third kappa shape index (κ3) is 3.64. The number of carboxylic acids is 1. The van der Waals surface area contributed by atoms with Crippen molar-refractivity contribution >= 4 is 17.3 Å². The molecule has 3 rings (SSSR count). The first-order valence-corrected chi connectivity index (χ1v) is 8.59. The summed E-state index contributed by atoms with van der Waals surface area (Å²) in [5.74, 6) is 0.336. The minimum atomic E-state index is -1.10. The van der Waals surface area contributed by atoms with E-state index < -0.39 is 5.97 Å². The zero-order valence-electron chi connectivity index (χ0n) is 16.4. The Hall–Kier alpha value is -3.81. The topological polar surface area (TPSA) is 98.9 Å². The first kappa shape index (κ1) is 19.9. The maximum absolute atomic E-state index is 11.8. The number of hydrogen-bond donors (Lipinski definition) is 1. The molecular weight excluding hydrogens is 376 g/mol. The van der Waals surface area contributed by atoms with Crippen LogP contribution in [-0.4, -0.2) is 39.5 Å². The first-order valence-electron chi connectivity index (χ1n) is 8.59. The minimum absolute atomic E-state index is 0.0394. The first-order chi connectivity index (χ1) is 14.0. The maximum Gasteiger partial charge on any atom is 0.340 e. The Kier molecular flexibility index (Phi) is 5.82. The van der Waals surface area contributed by atoms with Crippen molar-refractivity contribution in [2.45, 2.75) is 0 Å². The Morgan fingerprint density at radius 3 is 1.90 bits per heavy atom. The molecule has 150 valence electrons. The highest BCUT2D eigenvalue weighted by Gasteiger charge is 2.28. The van der Waals surface area contributed by atoms with Crippen LogP contribution in [0.1, 0.15) is 10.4 Å². The standard InChI is InChI=1S/C21H20N2O6/c1-26-15-10-12(11-16(27-2)19(15)28-3)22-23-18-14-9-7-5-6-8-13(14)17(21(24)25)20(18)29-4/h5-11H,1-4H3,(H,24,25). The van der Waals surface area contributed by atoms with Crippen LogP contribution in [0.5, 0.6) is 23.0 Å². The number of aromatic carboxylic acids is 1. The second-order valence-corrected chi connectivity index (χ2v) is 5.88. The number of benzene rings is 1. The van der Waals surface area contributed by atoms with Gasteiger partial charge in [-0.05, 0) is 0 Å². The number of ether oxygens (including phenoxy) is 4. The van der Waals surface area contributed by atoms with Gasteiger partial charge in [0.2, 0.25) is 5.75 Å². The molecule has 2 aliphatic rings. The predicted octanol–water partition coefficient (Wildman–Crippen LogP) is 4.94. The molecule has 0 aliphatic heterocycles. The van der Waals surface area contributed by atoms with E-state index in [1.165, 1.54) is 28.4 Å². The van der Waals surface area contributed by atoms with Gasteiger partial charge in [0.05, 0.1) is 34.1 Å². The van der Waals surface area contributed by atoms with Gasteiger partial charge in [0.1, 0.15) is 11.3 Å². The number of carboxylic acid groups (broad SMARTS) is 1. The summed E-state index contributed by atoms with van der Waals surface area (Å²) in [6, 6.07) is 12.1. The molecule has 0 bridgehead atoms. The number of methoxy groups -OCH3 is 4. The van der Waals surface area contributed by atoms with Crippen LogP contribution in [0.3, 0.4) is 0 Å². The number of rotatable bonds is 7. The second-order valence-electron chi connectivity index (χ2n) is 5.88. The van der Waals surface area contributed by atoms with Crippen LogP contribution < -0.4 is 18.9 Å². The van der Waals surface area contributed by atoms with Gasteiger partial charge in [0.15, 0.2) is 17.2 Å². The average molecular weight is 396 g/mol. The van der Waals surface area contributed by atoms with Gasteiger partial charge < -0.3 is 24.1 Å². The van der Waals surface area contributed by atoms with Gasteiger partial charge in [-0.25, -0.2) is 4.79 Å². The number of azo groups is 1. The quantitative estimate of drug-likeness (QED) is 0.568. The zero-order valence-corrected chi connectivity index (χ0v) is 16.4. The molecule has 1 N–H and O–H groups in total. The molecule has 0 aromatic heterocycles. The fraction of sp³-hybridized carbons (Fsp3) is 0.190. The van der Waals surface area contributed by atoms with Gasteiger partial charge in [-0.1, -0.05) is 30.3 Å². The summed E-state index contributed by atoms with van der Waals surface area (Å²) in [4.78, 5) is 11.8. The second kappa shape index (κ2) is 8.47. The molecule has 1 aromatic rings. The molecule has 0 spiro atoms. The van der Waals surface area contributed by atoms with Crippen LogP contribution in [0.4, 0.5) is 11.4 Å². The van der Waals surface area contributed by atoms with E-state index in [4.69, 9.17) is 18.9 Å². The monoisotopic (exact) mass is 396 g/mol. The van der Waals surface area contributed by atoms with E-state index in [0.29, 0.717) is 39.8 Å². The fourth-order valence-electron chi connectivity index (χ4n) is 3.08. The SMILES string of the molecule is COc1cc(N=Nc2c3cccccc-3c(C(=O)O)c2OC)cc(OC)c1OC. The number of carbonyl (C=O) groups is 1. The summed E-state index contributed by atoms with van der Waals surface area (Å²) in [6.07, 6.45) is 0. The van der Waals surface area contributed by atoms with Crippen molar-refractivity contribution in [3.63, 3.8) is 0 Å². The summed E-state index contributed by atoms with van der Waals surface area (Å²) in [6.45, 7) is 0. The molecule has 0 atom stereocenters. The number of hydrogen-bond acceptors (Lipinski definition) is 7. The summed E-state index contributed by atoms with van der Waals surface area (Å²) in [7, 11) is 5.92. The molecule has 0 unspecified atom stereocenters. The Morgan fingerprint density at radius 1 is 0.793 bits per heavy atom. The van der Waals surface area contributed by atoms with Crippen molar-refractivity contribution in [2.24, 2.45) is 10.2 Å². The highest BCUT2D eigenvalue weighted by atomic mass is 16.5. The van der Waals surface area contributed by atoms with Gasteiger partial charge in [-0.15, -0.1) is 5.11 Å². The Bertz CT molecular complexity index is 1020. The van der Waals surface area contributed by atoms with E-state index in [1.807, 2.05) is 0 Å². The highest BCUT2D eigenvalue weighted by molar-refractivity contribution is 6.06. The van der Waals surface area contributed by atoms with Gasteiger partial charge in [0.25, 0.3) is 0 Å². The Labute approximate surface area is 167 Å².